The van der Waals surface area contributed by atoms with Crippen LogP contribution in [0.1, 0.15) is 24.8 Å². The van der Waals surface area contributed by atoms with Crippen LogP contribution in [0.4, 0.5) is 0 Å². The third-order valence-electron chi connectivity index (χ3n) is 3.76. The summed E-state index contributed by atoms with van der Waals surface area (Å²) in [5, 5.41) is 11.8. The van der Waals surface area contributed by atoms with E-state index in [1.165, 1.54) is 0 Å². The van der Waals surface area contributed by atoms with Crippen LogP contribution in [0.2, 0.25) is 0 Å². The second-order valence-corrected chi connectivity index (χ2v) is 5.35. The fraction of sp³-hybridized carbons (Fsp3) is 0.467. The van der Waals surface area contributed by atoms with Crippen molar-refractivity contribution in [1.29, 1.82) is 0 Å². The summed E-state index contributed by atoms with van der Waals surface area (Å²) in [6.45, 7) is 0. The minimum absolute atomic E-state index is 0.0644. The number of hydrogen-bond acceptors (Lipinski definition) is 3. The smallest absolute Gasteiger partial charge is 0.306 e. The van der Waals surface area contributed by atoms with Gasteiger partial charge < -0.3 is 16.2 Å². The molecule has 4 N–H and O–H groups in total. The summed E-state index contributed by atoms with van der Waals surface area (Å²) in [6.07, 6.45) is 2.32. The predicted octanol–water partition coefficient (Wildman–Crippen LogP) is 0.926. The largest absolute Gasteiger partial charge is 0.481 e. The van der Waals surface area contributed by atoms with Crippen LogP contribution in [-0.2, 0) is 16.0 Å². The first kappa shape index (κ1) is 14.5. The van der Waals surface area contributed by atoms with Crippen LogP contribution >= 0.6 is 0 Å². The van der Waals surface area contributed by atoms with Crippen LogP contribution in [-0.4, -0.2) is 29.1 Å². The zero-order valence-corrected chi connectivity index (χ0v) is 11.3. The van der Waals surface area contributed by atoms with Gasteiger partial charge in [-0.05, 0) is 31.2 Å². The summed E-state index contributed by atoms with van der Waals surface area (Å²) in [5.41, 5.74) is 6.91. The van der Waals surface area contributed by atoms with Gasteiger partial charge in [0, 0.05) is 6.04 Å². The summed E-state index contributed by atoms with van der Waals surface area (Å²) in [7, 11) is 0. The van der Waals surface area contributed by atoms with E-state index in [-0.39, 0.29) is 17.9 Å². The van der Waals surface area contributed by atoms with E-state index in [9.17, 15) is 9.59 Å². The molecule has 0 aromatic heterocycles. The lowest BCUT2D eigenvalue weighted by Crippen LogP contribution is -2.45. The maximum atomic E-state index is 12.0. The van der Waals surface area contributed by atoms with Crippen LogP contribution in [0.25, 0.3) is 0 Å². The zero-order chi connectivity index (χ0) is 14.5. The Morgan fingerprint density at radius 3 is 2.60 bits per heavy atom. The Labute approximate surface area is 118 Å². The molecule has 1 aliphatic carbocycles. The van der Waals surface area contributed by atoms with E-state index >= 15 is 0 Å². The van der Waals surface area contributed by atoms with Crippen molar-refractivity contribution in [3.63, 3.8) is 0 Å². The third-order valence-corrected chi connectivity index (χ3v) is 3.76. The second-order valence-electron chi connectivity index (χ2n) is 5.35. The number of carboxylic acids is 1. The first-order chi connectivity index (χ1) is 9.56. The monoisotopic (exact) mass is 276 g/mol. The fourth-order valence-corrected chi connectivity index (χ4v) is 2.61. The number of amides is 1. The molecular weight excluding hydrogens is 256 g/mol. The molecule has 5 heteroatoms. The number of nitrogens with two attached hydrogens (primary N) is 1. The molecule has 0 heterocycles. The van der Waals surface area contributed by atoms with Gasteiger partial charge in [-0.1, -0.05) is 30.3 Å². The van der Waals surface area contributed by atoms with Crippen molar-refractivity contribution in [3.8, 4) is 0 Å². The molecule has 1 aliphatic rings. The van der Waals surface area contributed by atoms with Crippen molar-refractivity contribution < 1.29 is 14.7 Å². The number of benzene rings is 1. The molecule has 0 radical (unpaired) electrons. The van der Waals surface area contributed by atoms with Crippen LogP contribution in [0, 0.1) is 5.92 Å². The second kappa shape index (κ2) is 6.52. The van der Waals surface area contributed by atoms with Crippen molar-refractivity contribution >= 4 is 11.9 Å². The van der Waals surface area contributed by atoms with Crippen molar-refractivity contribution in [2.45, 2.75) is 37.8 Å². The summed E-state index contributed by atoms with van der Waals surface area (Å²) < 4.78 is 0. The standard InChI is InChI=1S/C15H20N2O3/c16-13(8-10-4-2-1-3-5-10)14(18)17-12-7-6-11(9-12)15(19)20/h1-5,11-13H,6-9,16H2,(H,17,18)(H,19,20)/t11-,12+,13+/m1/s1. The summed E-state index contributed by atoms with van der Waals surface area (Å²) in [5.74, 6) is -1.33. The number of carbonyl (C=O) groups excluding carboxylic acids is 1. The van der Waals surface area contributed by atoms with Crippen molar-refractivity contribution in [2.24, 2.45) is 11.7 Å². The molecule has 1 amide bonds. The Morgan fingerprint density at radius 2 is 2.00 bits per heavy atom. The molecule has 1 aromatic carbocycles. The van der Waals surface area contributed by atoms with Gasteiger partial charge in [-0.15, -0.1) is 0 Å². The quantitative estimate of drug-likeness (QED) is 0.746. The maximum absolute atomic E-state index is 12.0. The van der Waals surface area contributed by atoms with Crippen LogP contribution in [0.15, 0.2) is 30.3 Å². The fourth-order valence-electron chi connectivity index (χ4n) is 2.61. The highest BCUT2D eigenvalue weighted by Gasteiger charge is 2.31. The topological polar surface area (TPSA) is 92.4 Å². The Hall–Kier alpha value is -1.88. The van der Waals surface area contributed by atoms with Gasteiger partial charge in [0.25, 0.3) is 0 Å². The molecule has 0 bridgehead atoms. The average molecular weight is 276 g/mol. The SMILES string of the molecule is N[C@@H](Cc1ccccc1)C(=O)N[C@H]1CC[C@@H](C(=O)O)C1. The van der Waals surface area contributed by atoms with Gasteiger partial charge in [-0.25, -0.2) is 0 Å². The summed E-state index contributed by atoms with van der Waals surface area (Å²) in [4.78, 5) is 22.9. The Balaban J connectivity index is 1.81. The lowest BCUT2D eigenvalue weighted by Gasteiger charge is -2.17. The molecule has 20 heavy (non-hydrogen) atoms. The van der Waals surface area contributed by atoms with E-state index in [1.807, 2.05) is 30.3 Å². The highest BCUT2D eigenvalue weighted by Crippen LogP contribution is 2.25. The van der Waals surface area contributed by atoms with E-state index in [4.69, 9.17) is 10.8 Å². The molecule has 0 unspecified atom stereocenters. The number of nitrogens with one attached hydrogen (secondary N) is 1. The van der Waals surface area contributed by atoms with Crippen LogP contribution < -0.4 is 11.1 Å². The van der Waals surface area contributed by atoms with E-state index in [0.717, 1.165) is 5.56 Å². The normalized spacial score (nSPS) is 23.2. The Kier molecular flexibility index (Phi) is 4.74. The Bertz CT molecular complexity index is 475. The van der Waals surface area contributed by atoms with Gasteiger partial charge >= 0.3 is 5.97 Å². The van der Waals surface area contributed by atoms with E-state index < -0.39 is 12.0 Å². The third kappa shape index (κ3) is 3.81. The predicted molar refractivity (Wildman–Crippen MR) is 75.0 cm³/mol. The lowest BCUT2D eigenvalue weighted by molar-refractivity contribution is -0.141. The van der Waals surface area contributed by atoms with E-state index in [2.05, 4.69) is 5.32 Å². The molecule has 2 rings (SSSR count). The van der Waals surface area contributed by atoms with Crippen LogP contribution in [0.5, 0.6) is 0 Å². The van der Waals surface area contributed by atoms with E-state index in [1.54, 1.807) is 0 Å². The highest BCUT2D eigenvalue weighted by atomic mass is 16.4. The molecule has 108 valence electrons. The molecule has 3 atom stereocenters. The van der Waals surface area contributed by atoms with Gasteiger partial charge in [-0.3, -0.25) is 9.59 Å². The minimum Gasteiger partial charge on any atom is -0.481 e. The molecule has 1 fully saturated rings. The first-order valence-electron chi connectivity index (χ1n) is 6.89. The van der Waals surface area contributed by atoms with Crippen molar-refractivity contribution in [3.05, 3.63) is 35.9 Å². The lowest BCUT2D eigenvalue weighted by atomic mass is 10.1. The van der Waals surface area contributed by atoms with Crippen LogP contribution in [0.3, 0.4) is 0 Å². The van der Waals surface area contributed by atoms with Gasteiger partial charge in [0.05, 0.1) is 12.0 Å². The minimum atomic E-state index is -0.782. The number of carbonyl (C=O) groups is 2. The summed E-state index contributed by atoms with van der Waals surface area (Å²) >= 11 is 0. The summed E-state index contributed by atoms with van der Waals surface area (Å²) in [6, 6.07) is 8.95. The van der Waals surface area contributed by atoms with Gasteiger partial charge in [0.2, 0.25) is 5.91 Å². The molecular formula is C15H20N2O3. The first-order valence-corrected chi connectivity index (χ1v) is 6.89. The van der Waals surface area contributed by atoms with Gasteiger partial charge in [0.1, 0.15) is 0 Å². The Morgan fingerprint density at radius 1 is 1.30 bits per heavy atom. The molecule has 1 aromatic rings. The zero-order valence-electron chi connectivity index (χ0n) is 11.3. The maximum Gasteiger partial charge on any atom is 0.306 e. The van der Waals surface area contributed by atoms with Crippen molar-refractivity contribution in [2.75, 3.05) is 0 Å². The average Bonchev–Trinajstić information content (AvgIpc) is 2.88. The number of aliphatic carboxylic acids is 1. The molecule has 0 aliphatic heterocycles. The van der Waals surface area contributed by atoms with Crippen molar-refractivity contribution in [1.82, 2.24) is 5.32 Å². The molecule has 5 nitrogen and oxygen atoms in total. The van der Waals surface area contributed by atoms with Gasteiger partial charge in [-0.2, -0.15) is 0 Å². The number of rotatable bonds is 5. The molecule has 0 saturated heterocycles. The number of hydrogen-bond donors (Lipinski definition) is 3. The molecule has 1 saturated carbocycles. The number of carboxylic acid groups (broad SMARTS) is 1. The molecule has 0 spiro atoms. The highest BCUT2D eigenvalue weighted by molar-refractivity contribution is 5.82. The van der Waals surface area contributed by atoms with Gasteiger partial charge in [0.15, 0.2) is 0 Å². The van der Waals surface area contributed by atoms with E-state index in [0.29, 0.717) is 25.7 Å².